The SMILES string of the molecule is Cn1c(CNC(=O)[C@H]2CN(S(=O)(=O)C3CC3)CC23CCCCC3)nc2ccccc21. The van der Waals surface area contributed by atoms with E-state index in [-0.39, 0.29) is 22.5 Å². The van der Waals surface area contributed by atoms with Crippen molar-refractivity contribution in [3.63, 3.8) is 0 Å². The third kappa shape index (κ3) is 3.34. The van der Waals surface area contributed by atoms with E-state index in [1.54, 1.807) is 4.31 Å². The van der Waals surface area contributed by atoms with Crippen molar-refractivity contribution < 1.29 is 13.2 Å². The van der Waals surface area contributed by atoms with Crippen LogP contribution in [0.4, 0.5) is 0 Å². The summed E-state index contributed by atoms with van der Waals surface area (Å²) in [4.78, 5) is 17.9. The highest BCUT2D eigenvalue weighted by molar-refractivity contribution is 7.90. The number of aromatic nitrogens is 2. The lowest BCUT2D eigenvalue weighted by molar-refractivity contribution is -0.128. The van der Waals surface area contributed by atoms with Gasteiger partial charge in [0, 0.05) is 20.1 Å². The van der Waals surface area contributed by atoms with Gasteiger partial charge in [0.15, 0.2) is 0 Å². The first kappa shape index (κ1) is 20.0. The maximum absolute atomic E-state index is 13.3. The lowest BCUT2D eigenvalue weighted by Gasteiger charge is -2.37. The summed E-state index contributed by atoms with van der Waals surface area (Å²) in [5, 5.41) is 2.87. The van der Waals surface area contributed by atoms with Crippen LogP contribution in [-0.2, 0) is 28.4 Å². The Morgan fingerprint density at radius 1 is 1.20 bits per heavy atom. The van der Waals surface area contributed by atoms with E-state index in [4.69, 9.17) is 0 Å². The molecule has 1 amide bonds. The molecule has 5 rings (SSSR count). The van der Waals surface area contributed by atoms with Crippen LogP contribution < -0.4 is 5.32 Å². The molecule has 0 radical (unpaired) electrons. The summed E-state index contributed by atoms with van der Waals surface area (Å²) in [6.45, 7) is 1.19. The topological polar surface area (TPSA) is 84.3 Å². The predicted octanol–water partition coefficient (Wildman–Crippen LogP) is 2.56. The normalized spacial score (nSPS) is 24.5. The number of sulfonamides is 1. The minimum absolute atomic E-state index is 0.0301. The Kier molecular flexibility index (Phi) is 4.89. The summed E-state index contributed by atoms with van der Waals surface area (Å²) >= 11 is 0. The molecule has 1 atom stereocenters. The zero-order valence-corrected chi connectivity index (χ0v) is 18.3. The molecule has 0 unspecified atom stereocenters. The van der Waals surface area contributed by atoms with Crippen molar-refractivity contribution in [3.05, 3.63) is 30.1 Å². The number of nitrogens with zero attached hydrogens (tertiary/aromatic N) is 3. The van der Waals surface area contributed by atoms with Crippen molar-refractivity contribution in [1.29, 1.82) is 0 Å². The Bertz CT molecular complexity index is 1070. The maximum Gasteiger partial charge on any atom is 0.225 e. The number of benzene rings is 1. The van der Waals surface area contributed by atoms with E-state index >= 15 is 0 Å². The molecule has 2 heterocycles. The molecule has 1 N–H and O–H groups in total. The molecule has 8 heteroatoms. The van der Waals surface area contributed by atoms with Gasteiger partial charge >= 0.3 is 0 Å². The monoisotopic (exact) mass is 430 g/mol. The first-order valence-corrected chi connectivity index (χ1v) is 12.6. The van der Waals surface area contributed by atoms with Crippen molar-refractivity contribution in [2.75, 3.05) is 13.1 Å². The summed E-state index contributed by atoms with van der Waals surface area (Å²) in [6.07, 6.45) is 6.72. The molecule has 2 saturated carbocycles. The van der Waals surface area contributed by atoms with E-state index in [9.17, 15) is 13.2 Å². The van der Waals surface area contributed by atoms with Gasteiger partial charge in [-0.05, 0) is 43.2 Å². The van der Waals surface area contributed by atoms with Crippen LogP contribution in [0.2, 0.25) is 0 Å². The van der Waals surface area contributed by atoms with E-state index < -0.39 is 10.0 Å². The summed E-state index contributed by atoms with van der Waals surface area (Å²) < 4.78 is 29.4. The molecular weight excluding hydrogens is 400 g/mol. The first-order chi connectivity index (χ1) is 14.4. The van der Waals surface area contributed by atoms with Crippen LogP contribution in [-0.4, -0.2) is 46.5 Å². The maximum atomic E-state index is 13.3. The van der Waals surface area contributed by atoms with E-state index in [2.05, 4.69) is 10.3 Å². The third-order valence-corrected chi connectivity index (χ3v) is 9.70. The van der Waals surface area contributed by atoms with Gasteiger partial charge in [-0.1, -0.05) is 31.4 Å². The van der Waals surface area contributed by atoms with Crippen molar-refractivity contribution >= 4 is 27.0 Å². The molecule has 1 aromatic heterocycles. The van der Waals surface area contributed by atoms with Gasteiger partial charge in [-0.25, -0.2) is 17.7 Å². The number of fused-ring (bicyclic) bond motifs is 1. The largest absolute Gasteiger partial charge is 0.349 e. The van der Waals surface area contributed by atoms with Gasteiger partial charge < -0.3 is 9.88 Å². The molecule has 3 fully saturated rings. The number of nitrogens with one attached hydrogen (secondary N) is 1. The summed E-state index contributed by atoms with van der Waals surface area (Å²) in [7, 11) is -1.30. The highest BCUT2D eigenvalue weighted by Gasteiger charge is 2.55. The first-order valence-electron chi connectivity index (χ1n) is 11.1. The average Bonchev–Trinajstić information content (AvgIpc) is 3.48. The molecule has 1 spiro atoms. The molecule has 3 aliphatic rings. The van der Waals surface area contributed by atoms with Crippen molar-refractivity contribution in [1.82, 2.24) is 19.2 Å². The summed E-state index contributed by atoms with van der Waals surface area (Å²) in [5.74, 6) is 0.501. The van der Waals surface area contributed by atoms with Crippen LogP contribution >= 0.6 is 0 Å². The van der Waals surface area contributed by atoms with Crippen LogP contribution in [0.3, 0.4) is 0 Å². The molecule has 7 nitrogen and oxygen atoms in total. The number of imidazole rings is 1. The fraction of sp³-hybridized carbons (Fsp3) is 0.636. The predicted molar refractivity (Wildman–Crippen MR) is 115 cm³/mol. The van der Waals surface area contributed by atoms with Gasteiger partial charge in [-0.3, -0.25) is 4.79 Å². The van der Waals surface area contributed by atoms with Gasteiger partial charge in [-0.15, -0.1) is 0 Å². The van der Waals surface area contributed by atoms with E-state index in [1.165, 1.54) is 6.42 Å². The number of hydrogen-bond acceptors (Lipinski definition) is 4. The minimum Gasteiger partial charge on any atom is -0.349 e. The average molecular weight is 431 g/mol. The Hall–Kier alpha value is -1.93. The number of carbonyl (C=O) groups is 1. The molecule has 1 saturated heterocycles. The molecule has 1 aliphatic heterocycles. The zero-order valence-electron chi connectivity index (χ0n) is 17.5. The quantitative estimate of drug-likeness (QED) is 0.790. The Morgan fingerprint density at radius 3 is 2.63 bits per heavy atom. The molecule has 162 valence electrons. The zero-order chi connectivity index (χ0) is 20.9. The lowest BCUT2D eigenvalue weighted by atomic mass is 9.67. The number of para-hydroxylation sites is 2. The molecule has 2 aliphatic carbocycles. The number of amides is 1. The fourth-order valence-electron chi connectivity index (χ4n) is 5.46. The highest BCUT2D eigenvalue weighted by atomic mass is 32.2. The van der Waals surface area contributed by atoms with Gasteiger partial charge in [-0.2, -0.15) is 0 Å². The van der Waals surface area contributed by atoms with Crippen LogP contribution in [0.5, 0.6) is 0 Å². The molecular formula is C22H30N4O3S. The third-order valence-electron chi connectivity index (χ3n) is 7.39. The van der Waals surface area contributed by atoms with Crippen LogP contribution in [0.25, 0.3) is 11.0 Å². The van der Waals surface area contributed by atoms with Gasteiger partial charge in [0.2, 0.25) is 15.9 Å². The van der Waals surface area contributed by atoms with Gasteiger partial charge in [0.1, 0.15) is 5.82 Å². The van der Waals surface area contributed by atoms with E-state index in [0.717, 1.165) is 55.4 Å². The molecule has 1 aromatic carbocycles. The second-order valence-corrected chi connectivity index (χ2v) is 11.5. The number of hydrogen-bond donors (Lipinski definition) is 1. The highest BCUT2D eigenvalue weighted by Crippen LogP contribution is 2.49. The van der Waals surface area contributed by atoms with Crippen molar-refractivity contribution in [3.8, 4) is 0 Å². The summed E-state index contributed by atoms with van der Waals surface area (Å²) in [5.41, 5.74) is 1.74. The van der Waals surface area contributed by atoms with Crippen LogP contribution in [0.1, 0.15) is 50.8 Å². The standard InChI is InChI=1S/C22H30N4O3S/c1-25-19-8-4-3-7-18(19)24-20(25)13-23-21(27)17-14-26(30(28,29)16-9-10-16)15-22(17)11-5-2-6-12-22/h3-4,7-8,16-17H,2,5-6,9-15H2,1H3,(H,23,27)/t17-/m1/s1. The van der Waals surface area contributed by atoms with Crippen molar-refractivity contribution in [2.45, 2.75) is 56.7 Å². The minimum atomic E-state index is -3.26. The lowest BCUT2D eigenvalue weighted by Crippen LogP contribution is -2.42. The molecule has 2 aromatic rings. The second kappa shape index (κ2) is 7.34. The fourth-order valence-corrected chi connectivity index (χ4v) is 7.41. The number of aryl methyl sites for hydroxylation is 1. The second-order valence-electron chi connectivity index (χ2n) is 9.31. The Morgan fingerprint density at radius 2 is 1.93 bits per heavy atom. The van der Waals surface area contributed by atoms with E-state index in [0.29, 0.717) is 19.6 Å². The van der Waals surface area contributed by atoms with Gasteiger partial charge in [0.25, 0.3) is 0 Å². The smallest absolute Gasteiger partial charge is 0.225 e. The van der Waals surface area contributed by atoms with E-state index in [1.807, 2.05) is 35.9 Å². The Balaban J connectivity index is 1.35. The van der Waals surface area contributed by atoms with Gasteiger partial charge in [0.05, 0.1) is 28.7 Å². The number of rotatable bonds is 5. The Labute approximate surface area is 177 Å². The summed E-state index contributed by atoms with van der Waals surface area (Å²) in [6, 6.07) is 7.92. The van der Waals surface area contributed by atoms with Crippen LogP contribution in [0.15, 0.2) is 24.3 Å². The molecule has 30 heavy (non-hydrogen) atoms. The number of carbonyl (C=O) groups excluding carboxylic acids is 1. The van der Waals surface area contributed by atoms with Crippen LogP contribution in [0, 0.1) is 11.3 Å². The van der Waals surface area contributed by atoms with Crippen molar-refractivity contribution in [2.24, 2.45) is 18.4 Å². The molecule has 0 bridgehead atoms.